The van der Waals surface area contributed by atoms with Gasteiger partial charge in [0, 0.05) is 19.8 Å². The lowest BCUT2D eigenvalue weighted by atomic mass is 10.1. The number of carbonyl (C=O) groups is 1. The second kappa shape index (κ2) is 7.08. The predicted molar refractivity (Wildman–Crippen MR) is 100 cm³/mol. The Morgan fingerprint density at radius 1 is 1.14 bits per heavy atom. The molecule has 0 saturated carbocycles. The van der Waals surface area contributed by atoms with E-state index >= 15 is 0 Å². The van der Waals surface area contributed by atoms with Crippen LogP contribution < -0.4 is 16.6 Å². The van der Waals surface area contributed by atoms with Crippen LogP contribution in [0, 0.1) is 0 Å². The first-order valence-electron chi connectivity index (χ1n) is 8.28. The van der Waals surface area contributed by atoms with Crippen LogP contribution in [0.5, 0.6) is 0 Å². The van der Waals surface area contributed by atoms with Gasteiger partial charge in [-0.3, -0.25) is 18.7 Å². The summed E-state index contributed by atoms with van der Waals surface area (Å²) in [5, 5.41) is 2.53. The molecule has 1 amide bonds. The van der Waals surface area contributed by atoms with Crippen LogP contribution in [0.1, 0.15) is 5.56 Å². The zero-order valence-electron chi connectivity index (χ0n) is 15.4. The molecule has 11 heteroatoms. The SMILES string of the molecule is C=C(c1ccc(NC(=O)Cn2cnc3c2c(=O)n(C)c(=O)n3C)cc1)C(F)(F)F. The van der Waals surface area contributed by atoms with E-state index in [0.717, 1.165) is 4.57 Å². The Morgan fingerprint density at radius 2 is 1.76 bits per heavy atom. The number of rotatable bonds is 4. The van der Waals surface area contributed by atoms with Crippen LogP contribution in [0.25, 0.3) is 16.7 Å². The fraction of sp³-hybridized carbons (Fsp3) is 0.222. The number of nitrogens with zero attached hydrogens (tertiary/aromatic N) is 4. The molecule has 0 aliphatic rings. The summed E-state index contributed by atoms with van der Waals surface area (Å²) >= 11 is 0. The van der Waals surface area contributed by atoms with Crippen molar-refractivity contribution < 1.29 is 18.0 Å². The number of benzene rings is 1. The van der Waals surface area contributed by atoms with Gasteiger partial charge in [0.15, 0.2) is 11.2 Å². The van der Waals surface area contributed by atoms with Gasteiger partial charge in [-0.15, -0.1) is 0 Å². The van der Waals surface area contributed by atoms with Gasteiger partial charge in [0.1, 0.15) is 6.54 Å². The number of nitrogens with one attached hydrogen (secondary N) is 1. The monoisotopic (exact) mass is 407 g/mol. The van der Waals surface area contributed by atoms with Crippen molar-refractivity contribution in [1.29, 1.82) is 0 Å². The van der Waals surface area contributed by atoms with E-state index in [2.05, 4.69) is 16.9 Å². The highest BCUT2D eigenvalue weighted by atomic mass is 19.4. The number of aromatic nitrogens is 4. The number of allylic oxidation sites excluding steroid dienone is 1. The lowest BCUT2D eigenvalue weighted by Gasteiger charge is -2.11. The van der Waals surface area contributed by atoms with E-state index in [4.69, 9.17) is 0 Å². The molecule has 0 atom stereocenters. The van der Waals surface area contributed by atoms with Crippen LogP contribution in [0.3, 0.4) is 0 Å². The van der Waals surface area contributed by atoms with E-state index in [1.807, 2.05) is 0 Å². The highest BCUT2D eigenvalue weighted by Gasteiger charge is 2.32. The molecule has 1 N–H and O–H groups in total. The third kappa shape index (κ3) is 3.71. The van der Waals surface area contributed by atoms with E-state index < -0.39 is 28.9 Å². The number of alkyl halides is 3. The number of amides is 1. The van der Waals surface area contributed by atoms with Crippen molar-refractivity contribution in [3.05, 3.63) is 63.6 Å². The number of carbonyl (C=O) groups excluding carboxylic acids is 1. The summed E-state index contributed by atoms with van der Waals surface area (Å²) in [5.41, 5.74) is -1.73. The molecule has 0 spiro atoms. The van der Waals surface area contributed by atoms with Gasteiger partial charge in [-0.1, -0.05) is 18.7 Å². The van der Waals surface area contributed by atoms with Crippen LogP contribution in [0.4, 0.5) is 18.9 Å². The van der Waals surface area contributed by atoms with Crippen LogP contribution in [0.15, 0.2) is 46.8 Å². The fourth-order valence-corrected chi connectivity index (χ4v) is 2.79. The second-order valence-corrected chi connectivity index (χ2v) is 6.35. The number of imidazole rings is 1. The minimum atomic E-state index is -4.54. The van der Waals surface area contributed by atoms with Gasteiger partial charge < -0.3 is 9.88 Å². The van der Waals surface area contributed by atoms with Gasteiger partial charge in [0.05, 0.1) is 11.9 Å². The topological polar surface area (TPSA) is 90.9 Å². The van der Waals surface area contributed by atoms with Gasteiger partial charge in [-0.2, -0.15) is 13.2 Å². The molecule has 0 aliphatic heterocycles. The molecule has 0 aliphatic carbocycles. The van der Waals surface area contributed by atoms with Gasteiger partial charge in [0.2, 0.25) is 5.91 Å². The summed E-state index contributed by atoms with van der Waals surface area (Å²) in [4.78, 5) is 40.6. The van der Waals surface area contributed by atoms with E-state index in [9.17, 15) is 27.6 Å². The molecular formula is C18H16F3N5O3. The lowest BCUT2D eigenvalue weighted by molar-refractivity contribution is -0.116. The summed E-state index contributed by atoms with van der Waals surface area (Å²) in [5.74, 6) is -0.525. The maximum Gasteiger partial charge on any atom is 0.416 e. The zero-order valence-corrected chi connectivity index (χ0v) is 15.4. The Kier molecular flexibility index (Phi) is 4.91. The van der Waals surface area contributed by atoms with E-state index in [1.165, 1.54) is 53.8 Å². The number of halogens is 3. The summed E-state index contributed by atoms with van der Waals surface area (Å²) in [6.07, 6.45) is -3.28. The van der Waals surface area contributed by atoms with Gasteiger partial charge in [-0.25, -0.2) is 9.78 Å². The maximum atomic E-state index is 12.7. The molecular weight excluding hydrogens is 391 g/mol. The predicted octanol–water partition coefficient (Wildman–Crippen LogP) is 1.65. The highest BCUT2D eigenvalue weighted by molar-refractivity contribution is 5.91. The Balaban J connectivity index is 1.81. The summed E-state index contributed by atoms with van der Waals surface area (Å²) in [7, 11) is 2.77. The van der Waals surface area contributed by atoms with Crippen LogP contribution in [-0.2, 0) is 25.4 Å². The molecule has 1 aromatic carbocycles. The Labute approximate surface area is 161 Å². The lowest BCUT2D eigenvalue weighted by Crippen LogP contribution is -2.37. The molecule has 0 fully saturated rings. The van der Waals surface area contributed by atoms with Crippen molar-refractivity contribution in [2.75, 3.05) is 5.32 Å². The standard InChI is InChI=1S/C18H16F3N5O3/c1-10(18(19,20)21)11-4-6-12(7-5-11)23-13(27)8-26-9-22-15-14(26)16(28)25(3)17(29)24(15)2/h4-7,9H,1,8H2,2-3H3,(H,23,27). The van der Waals surface area contributed by atoms with Gasteiger partial charge >= 0.3 is 11.9 Å². The third-order valence-corrected chi connectivity index (χ3v) is 4.39. The van der Waals surface area contributed by atoms with Crippen molar-refractivity contribution in [2.45, 2.75) is 12.7 Å². The van der Waals surface area contributed by atoms with Crippen LogP contribution in [-0.4, -0.2) is 30.8 Å². The van der Waals surface area contributed by atoms with Gasteiger partial charge in [0.25, 0.3) is 5.56 Å². The summed E-state index contributed by atoms with van der Waals surface area (Å²) in [6.45, 7) is 2.74. The number of hydrogen-bond acceptors (Lipinski definition) is 4. The van der Waals surface area contributed by atoms with Crippen molar-refractivity contribution in [1.82, 2.24) is 18.7 Å². The molecule has 2 aromatic heterocycles. The first kappa shape index (κ1) is 20.1. The van der Waals surface area contributed by atoms with Crippen LogP contribution in [0.2, 0.25) is 0 Å². The average molecular weight is 407 g/mol. The largest absolute Gasteiger partial charge is 0.416 e. The Bertz CT molecular complexity index is 1230. The minimum absolute atomic E-state index is 0.0848. The third-order valence-electron chi connectivity index (χ3n) is 4.39. The molecule has 0 saturated heterocycles. The van der Waals surface area contributed by atoms with Gasteiger partial charge in [-0.05, 0) is 17.7 Å². The van der Waals surface area contributed by atoms with Crippen molar-refractivity contribution in [3.63, 3.8) is 0 Å². The average Bonchev–Trinajstić information content (AvgIpc) is 3.07. The molecule has 29 heavy (non-hydrogen) atoms. The van der Waals surface area contributed by atoms with E-state index in [-0.39, 0.29) is 29.0 Å². The first-order valence-corrected chi connectivity index (χ1v) is 8.28. The number of fused-ring (bicyclic) bond motifs is 1. The molecule has 3 rings (SSSR count). The number of aryl methyl sites for hydroxylation is 1. The minimum Gasteiger partial charge on any atom is -0.325 e. The quantitative estimate of drug-likeness (QED) is 0.712. The normalized spacial score (nSPS) is 11.6. The van der Waals surface area contributed by atoms with Crippen molar-refractivity contribution in [2.24, 2.45) is 14.1 Å². The van der Waals surface area contributed by atoms with E-state index in [0.29, 0.717) is 0 Å². The molecule has 0 bridgehead atoms. The van der Waals surface area contributed by atoms with Crippen molar-refractivity contribution >= 4 is 28.3 Å². The summed E-state index contributed by atoms with van der Waals surface area (Å²) < 4.78 is 41.4. The number of hydrogen-bond donors (Lipinski definition) is 1. The molecule has 3 aromatic rings. The van der Waals surface area contributed by atoms with Crippen molar-refractivity contribution in [3.8, 4) is 0 Å². The first-order chi connectivity index (χ1) is 13.5. The summed E-state index contributed by atoms with van der Waals surface area (Å²) in [6, 6.07) is 5.03. The molecule has 152 valence electrons. The zero-order chi connectivity index (χ0) is 21.5. The Morgan fingerprint density at radius 3 is 2.34 bits per heavy atom. The molecule has 2 heterocycles. The highest BCUT2D eigenvalue weighted by Crippen LogP contribution is 2.32. The fourth-order valence-electron chi connectivity index (χ4n) is 2.79. The maximum absolute atomic E-state index is 12.7. The molecule has 0 unspecified atom stereocenters. The second-order valence-electron chi connectivity index (χ2n) is 6.35. The molecule has 8 nitrogen and oxygen atoms in total. The molecule has 0 radical (unpaired) electrons. The van der Waals surface area contributed by atoms with E-state index in [1.54, 1.807) is 0 Å². The van der Waals surface area contributed by atoms with Crippen LogP contribution >= 0.6 is 0 Å². The number of anilines is 1. The Hall–Kier alpha value is -3.63. The smallest absolute Gasteiger partial charge is 0.325 e.